The lowest BCUT2D eigenvalue weighted by molar-refractivity contribution is 0.0998. The van der Waals surface area contributed by atoms with Crippen LogP contribution >= 0.6 is 23.1 Å². The minimum Gasteiger partial charge on any atom is -0.493 e. The molecule has 0 fully saturated rings. The predicted octanol–water partition coefficient (Wildman–Crippen LogP) is 5.77. The Morgan fingerprint density at radius 3 is 2.47 bits per heavy atom. The zero-order valence-corrected chi connectivity index (χ0v) is 19.7. The van der Waals surface area contributed by atoms with E-state index in [1.807, 2.05) is 36.6 Å². The molecule has 7 nitrogen and oxygen atoms in total. The van der Waals surface area contributed by atoms with Crippen molar-refractivity contribution in [3.05, 3.63) is 58.8 Å². The topological polar surface area (TPSA) is 82.8 Å². The SMILES string of the molecule is COc1cc(NC(=O)c2oc3ccccc3c2CSc2nc(C)cs2)cc(OC)c1OC. The molecule has 2 aromatic heterocycles. The van der Waals surface area contributed by atoms with Crippen LogP contribution in [0.2, 0.25) is 0 Å². The number of rotatable bonds is 8. The highest BCUT2D eigenvalue weighted by atomic mass is 32.2. The Balaban J connectivity index is 1.66. The van der Waals surface area contributed by atoms with Gasteiger partial charge >= 0.3 is 0 Å². The molecule has 0 bridgehead atoms. The summed E-state index contributed by atoms with van der Waals surface area (Å²) in [6.45, 7) is 1.96. The number of amides is 1. The molecule has 4 aromatic rings. The van der Waals surface area contributed by atoms with Gasteiger partial charge in [0.2, 0.25) is 5.75 Å². The molecule has 32 heavy (non-hydrogen) atoms. The standard InChI is InChI=1S/C23H22N2O5S2/c1-13-11-31-23(24-13)32-12-16-15-7-5-6-8-17(15)30-20(16)22(26)25-14-9-18(27-2)21(29-4)19(10-14)28-3/h5-11H,12H2,1-4H3,(H,25,26). The van der Waals surface area contributed by atoms with Crippen molar-refractivity contribution in [2.45, 2.75) is 17.0 Å². The van der Waals surface area contributed by atoms with E-state index >= 15 is 0 Å². The number of hydrogen-bond acceptors (Lipinski definition) is 8. The fourth-order valence-corrected chi connectivity index (χ4v) is 5.18. The van der Waals surface area contributed by atoms with Crippen LogP contribution in [-0.4, -0.2) is 32.2 Å². The maximum Gasteiger partial charge on any atom is 0.291 e. The van der Waals surface area contributed by atoms with E-state index in [9.17, 15) is 4.79 Å². The average Bonchev–Trinajstić information content (AvgIpc) is 3.39. The molecule has 2 heterocycles. The minimum atomic E-state index is -0.360. The zero-order chi connectivity index (χ0) is 22.7. The quantitative estimate of drug-likeness (QED) is 0.327. The molecule has 9 heteroatoms. The van der Waals surface area contributed by atoms with Gasteiger partial charge < -0.3 is 23.9 Å². The first-order valence-corrected chi connectivity index (χ1v) is 11.6. The van der Waals surface area contributed by atoms with E-state index in [0.29, 0.717) is 34.3 Å². The summed E-state index contributed by atoms with van der Waals surface area (Å²) in [5.41, 5.74) is 2.96. The zero-order valence-electron chi connectivity index (χ0n) is 18.1. The second kappa shape index (κ2) is 9.54. The summed E-state index contributed by atoms with van der Waals surface area (Å²) < 4.78 is 23.0. The van der Waals surface area contributed by atoms with Crippen molar-refractivity contribution in [2.24, 2.45) is 0 Å². The third kappa shape index (κ3) is 4.39. The summed E-state index contributed by atoms with van der Waals surface area (Å²) >= 11 is 3.17. The Bertz CT molecular complexity index is 1240. The second-order valence-electron chi connectivity index (χ2n) is 6.82. The number of aryl methyl sites for hydroxylation is 1. The van der Waals surface area contributed by atoms with Gasteiger partial charge in [0.25, 0.3) is 5.91 Å². The first-order valence-electron chi connectivity index (χ1n) is 9.70. The lowest BCUT2D eigenvalue weighted by Gasteiger charge is -2.14. The van der Waals surface area contributed by atoms with Crippen LogP contribution in [0.4, 0.5) is 5.69 Å². The van der Waals surface area contributed by atoms with Crippen molar-refractivity contribution in [1.82, 2.24) is 4.98 Å². The van der Waals surface area contributed by atoms with Gasteiger partial charge in [-0.2, -0.15) is 0 Å². The molecular formula is C23H22N2O5S2. The number of fused-ring (bicyclic) bond motifs is 1. The number of carbonyl (C=O) groups is 1. The molecule has 0 saturated heterocycles. The van der Waals surface area contributed by atoms with Crippen LogP contribution in [0.1, 0.15) is 21.8 Å². The number of hydrogen-bond donors (Lipinski definition) is 1. The number of benzene rings is 2. The van der Waals surface area contributed by atoms with Crippen LogP contribution in [0, 0.1) is 6.92 Å². The number of thioether (sulfide) groups is 1. The largest absolute Gasteiger partial charge is 0.493 e. The van der Waals surface area contributed by atoms with Crippen LogP contribution in [0.25, 0.3) is 11.0 Å². The van der Waals surface area contributed by atoms with Crippen LogP contribution in [0.3, 0.4) is 0 Å². The van der Waals surface area contributed by atoms with E-state index in [1.165, 1.54) is 21.3 Å². The number of thiazole rings is 1. The molecule has 4 rings (SSSR count). The highest BCUT2D eigenvalue weighted by molar-refractivity contribution is 8.00. The maximum absolute atomic E-state index is 13.2. The van der Waals surface area contributed by atoms with Crippen molar-refractivity contribution in [2.75, 3.05) is 26.6 Å². The lowest BCUT2D eigenvalue weighted by atomic mass is 10.1. The molecule has 0 aliphatic heterocycles. The fourth-order valence-electron chi connectivity index (χ4n) is 3.30. The fraction of sp³-hybridized carbons (Fsp3) is 0.217. The Labute approximate surface area is 193 Å². The van der Waals surface area contributed by atoms with E-state index in [2.05, 4.69) is 10.3 Å². The minimum absolute atomic E-state index is 0.265. The van der Waals surface area contributed by atoms with Gasteiger partial charge in [0.15, 0.2) is 17.3 Å². The molecule has 0 unspecified atom stereocenters. The molecule has 0 spiro atoms. The normalized spacial score (nSPS) is 10.9. The van der Waals surface area contributed by atoms with E-state index in [-0.39, 0.29) is 11.7 Å². The first kappa shape index (κ1) is 22.0. The molecule has 0 aliphatic rings. The first-order chi connectivity index (χ1) is 15.5. The molecule has 0 saturated carbocycles. The highest BCUT2D eigenvalue weighted by Crippen LogP contribution is 2.40. The number of methoxy groups -OCH3 is 3. The van der Waals surface area contributed by atoms with Crippen molar-refractivity contribution < 1.29 is 23.4 Å². The van der Waals surface area contributed by atoms with E-state index in [4.69, 9.17) is 18.6 Å². The van der Waals surface area contributed by atoms with Crippen molar-refractivity contribution in [1.29, 1.82) is 0 Å². The molecule has 0 aliphatic carbocycles. The van der Waals surface area contributed by atoms with Crippen molar-refractivity contribution >= 4 is 45.7 Å². The van der Waals surface area contributed by atoms with Gasteiger partial charge in [0.1, 0.15) is 9.92 Å². The lowest BCUT2D eigenvalue weighted by Crippen LogP contribution is -2.13. The smallest absolute Gasteiger partial charge is 0.291 e. The summed E-state index contributed by atoms with van der Waals surface area (Å²) in [6, 6.07) is 11.0. The Morgan fingerprint density at radius 2 is 1.84 bits per heavy atom. The summed E-state index contributed by atoms with van der Waals surface area (Å²) in [6.07, 6.45) is 0. The summed E-state index contributed by atoms with van der Waals surface area (Å²) in [4.78, 5) is 17.7. The number of nitrogens with one attached hydrogen (secondary N) is 1. The van der Waals surface area contributed by atoms with Gasteiger partial charge in [-0.1, -0.05) is 30.0 Å². The number of nitrogens with zero attached hydrogens (tertiary/aromatic N) is 1. The monoisotopic (exact) mass is 470 g/mol. The number of aromatic nitrogens is 1. The van der Waals surface area contributed by atoms with E-state index in [1.54, 1.807) is 35.2 Å². The van der Waals surface area contributed by atoms with Crippen LogP contribution < -0.4 is 19.5 Å². The Kier molecular flexibility index (Phi) is 6.57. The molecule has 1 N–H and O–H groups in total. The Hall–Kier alpha value is -3.17. The number of furan rings is 1. The van der Waals surface area contributed by atoms with Gasteiger partial charge in [0, 0.05) is 45.6 Å². The van der Waals surface area contributed by atoms with Gasteiger partial charge in [-0.15, -0.1) is 11.3 Å². The number of ether oxygens (including phenoxy) is 3. The number of para-hydroxylation sites is 1. The van der Waals surface area contributed by atoms with Crippen molar-refractivity contribution in [3.63, 3.8) is 0 Å². The van der Waals surface area contributed by atoms with Crippen LogP contribution in [-0.2, 0) is 5.75 Å². The maximum atomic E-state index is 13.2. The summed E-state index contributed by atoms with van der Waals surface area (Å²) in [5.74, 6) is 1.81. The van der Waals surface area contributed by atoms with Gasteiger partial charge in [-0.25, -0.2) is 4.98 Å². The third-order valence-corrected chi connectivity index (χ3v) is 6.93. The number of carbonyl (C=O) groups excluding carboxylic acids is 1. The molecular weight excluding hydrogens is 448 g/mol. The van der Waals surface area contributed by atoms with Gasteiger partial charge in [0.05, 0.1) is 21.3 Å². The van der Waals surface area contributed by atoms with Gasteiger partial charge in [-0.05, 0) is 13.0 Å². The molecule has 166 valence electrons. The van der Waals surface area contributed by atoms with Crippen molar-refractivity contribution in [3.8, 4) is 17.2 Å². The van der Waals surface area contributed by atoms with Gasteiger partial charge in [-0.3, -0.25) is 4.79 Å². The molecule has 1 amide bonds. The predicted molar refractivity (Wildman–Crippen MR) is 127 cm³/mol. The van der Waals surface area contributed by atoms with E-state index < -0.39 is 0 Å². The summed E-state index contributed by atoms with van der Waals surface area (Å²) in [7, 11) is 4.58. The van der Waals surface area contributed by atoms with E-state index in [0.717, 1.165) is 21.0 Å². The van der Waals surface area contributed by atoms with Crippen LogP contribution in [0.15, 0.2) is 50.5 Å². The third-order valence-electron chi connectivity index (χ3n) is 4.77. The second-order valence-corrected chi connectivity index (χ2v) is 8.90. The highest BCUT2D eigenvalue weighted by Gasteiger charge is 2.22. The number of anilines is 1. The molecule has 0 atom stereocenters. The molecule has 2 aromatic carbocycles. The van der Waals surface area contributed by atoms with Crippen LogP contribution in [0.5, 0.6) is 17.2 Å². The molecule has 0 radical (unpaired) electrons. The summed E-state index contributed by atoms with van der Waals surface area (Å²) in [5, 5.41) is 5.81. The average molecular weight is 471 g/mol. The Morgan fingerprint density at radius 1 is 1.12 bits per heavy atom.